The fourth-order valence-electron chi connectivity index (χ4n) is 2.33. The van der Waals surface area contributed by atoms with Crippen LogP contribution in [0, 0.1) is 12.3 Å². The first-order chi connectivity index (χ1) is 10.6. The zero-order valence-electron chi connectivity index (χ0n) is 13.3. The van der Waals surface area contributed by atoms with Gasteiger partial charge in [0, 0.05) is 26.8 Å². The van der Waals surface area contributed by atoms with Gasteiger partial charge in [0.2, 0.25) is 11.8 Å². The summed E-state index contributed by atoms with van der Waals surface area (Å²) in [5.41, 5.74) is 1.37. The van der Waals surface area contributed by atoms with Crippen LogP contribution in [0.3, 0.4) is 0 Å². The van der Waals surface area contributed by atoms with E-state index in [2.05, 4.69) is 10.6 Å². The molecule has 1 saturated carbocycles. The molecular weight excluding hydrogens is 280 g/mol. The Morgan fingerprint density at radius 1 is 1.14 bits per heavy atom. The van der Waals surface area contributed by atoms with Crippen molar-refractivity contribution < 1.29 is 14.3 Å². The van der Waals surface area contributed by atoms with Gasteiger partial charge in [-0.15, -0.1) is 0 Å². The summed E-state index contributed by atoms with van der Waals surface area (Å²) < 4.78 is 4.94. The average Bonchev–Trinajstić information content (AvgIpc) is 3.32. The summed E-state index contributed by atoms with van der Waals surface area (Å²) in [4.78, 5) is 24.5. The molecule has 22 heavy (non-hydrogen) atoms. The molecule has 0 spiro atoms. The van der Waals surface area contributed by atoms with Crippen LogP contribution in [0.5, 0.6) is 0 Å². The van der Waals surface area contributed by atoms with E-state index in [0.717, 1.165) is 12.0 Å². The molecule has 2 amide bonds. The summed E-state index contributed by atoms with van der Waals surface area (Å²) in [6.07, 6.45) is 2.01. The summed E-state index contributed by atoms with van der Waals surface area (Å²) >= 11 is 0. The Bertz CT molecular complexity index is 521. The largest absolute Gasteiger partial charge is 0.385 e. The van der Waals surface area contributed by atoms with E-state index in [-0.39, 0.29) is 11.8 Å². The summed E-state index contributed by atoms with van der Waals surface area (Å²) in [6.45, 7) is 3.62. The highest BCUT2D eigenvalue weighted by Gasteiger charge is 2.56. The minimum absolute atomic E-state index is 0.162. The molecule has 5 nitrogen and oxygen atoms in total. The number of hydrogen-bond acceptors (Lipinski definition) is 3. The number of amides is 2. The number of carbonyl (C=O) groups excluding carboxylic acids is 2. The number of carbonyl (C=O) groups is 2. The standard InChI is InChI=1S/C17H24N2O3/c1-13-4-6-14(7-5-13)12-19-16(21)17(8-9-17)15(20)18-10-3-11-22-2/h4-7H,3,8-12H2,1-2H3,(H,18,20)(H,19,21). The van der Waals surface area contributed by atoms with Gasteiger partial charge in [-0.3, -0.25) is 9.59 Å². The SMILES string of the molecule is COCCCNC(=O)C1(C(=O)NCc2ccc(C)cc2)CC1. The maximum absolute atomic E-state index is 12.3. The lowest BCUT2D eigenvalue weighted by molar-refractivity contribution is -0.137. The Kier molecular flexibility index (Phi) is 5.55. The third-order valence-corrected chi connectivity index (χ3v) is 4.00. The normalized spacial score (nSPS) is 15.2. The van der Waals surface area contributed by atoms with Gasteiger partial charge in [0.05, 0.1) is 0 Å². The topological polar surface area (TPSA) is 67.4 Å². The van der Waals surface area contributed by atoms with Gasteiger partial charge in [0.15, 0.2) is 0 Å². The first-order valence-electron chi connectivity index (χ1n) is 7.69. The number of methoxy groups -OCH3 is 1. The van der Waals surface area contributed by atoms with Crippen molar-refractivity contribution >= 4 is 11.8 Å². The molecule has 0 atom stereocenters. The molecule has 0 radical (unpaired) electrons. The van der Waals surface area contributed by atoms with Crippen LogP contribution in [0.1, 0.15) is 30.4 Å². The first-order valence-corrected chi connectivity index (χ1v) is 7.69. The number of rotatable bonds is 8. The molecule has 0 aromatic heterocycles. The van der Waals surface area contributed by atoms with Crippen molar-refractivity contribution in [3.8, 4) is 0 Å². The molecule has 0 saturated heterocycles. The second kappa shape index (κ2) is 7.40. The van der Waals surface area contributed by atoms with Crippen molar-refractivity contribution in [3.63, 3.8) is 0 Å². The van der Waals surface area contributed by atoms with E-state index in [4.69, 9.17) is 4.74 Å². The molecule has 2 rings (SSSR count). The number of benzene rings is 1. The van der Waals surface area contributed by atoms with Crippen molar-refractivity contribution in [1.82, 2.24) is 10.6 Å². The van der Waals surface area contributed by atoms with Crippen LogP contribution >= 0.6 is 0 Å². The van der Waals surface area contributed by atoms with Gasteiger partial charge in [0.1, 0.15) is 5.41 Å². The molecule has 2 N–H and O–H groups in total. The number of hydrogen-bond donors (Lipinski definition) is 2. The minimum atomic E-state index is -0.849. The highest BCUT2D eigenvalue weighted by Crippen LogP contribution is 2.46. The van der Waals surface area contributed by atoms with Gasteiger partial charge in [-0.1, -0.05) is 29.8 Å². The van der Waals surface area contributed by atoms with Gasteiger partial charge >= 0.3 is 0 Å². The summed E-state index contributed by atoms with van der Waals surface area (Å²) in [6, 6.07) is 7.99. The molecule has 1 fully saturated rings. The van der Waals surface area contributed by atoms with E-state index in [1.54, 1.807) is 7.11 Å². The summed E-state index contributed by atoms with van der Waals surface area (Å²) in [5.74, 6) is -0.331. The molecule has 1 aromatic carbocycles. The quantitative estimate of drug-likeness (QED) is 0.565. The predicted octanol–water partition coefficient (Wildman–Crippen LogP) is 1.54. The van der Waals surface area contributed by atoms with Crippen LogP contribution in [0.4, 0.5) is 0 Å². The highest BCUT2D eigenvalue weighted by molar-refractivity contribution is 6.07. The maximum Gasteiger partial charge on any atom is 0.235 e. The Morgan fingerprint density at radius 2 is 1.77 bits per heavy atom. The zero-order chi connectivity index (χ0) is 16.0. The smallest absolute Gasteiger partial charge is 0.235 e. The fraction of sp³-hybridized carbons (Fsp3) is 0.529. The number of nitrogens with one attached hydrogen (secondary N) is 2. The minimum Gasteiger partial charge on any atom is -0.385 e. The summed E-state index contributed by atoms with van der Waals surface area (Å²) in [7, 11) is 1.63. The van der Waals surface area contributed by atoms with Gasteiger partial charge in [0.25, 0.3) is 0 Å². The van der Waals surface area contributed by atoms with Crippen molar-refractivity contribution in [2.45, 2.75) is 32.7 Å². The van der Waals surface area contributed by atoms with Crippen LogP contribution in [0.15, 0.2) is 24.3 Å². The molecular formula is C17H24N2O3. The molecule has 1 aromatic rings. The number of ether oxygens (including phenoxy) is 1. The van der Waals surface area contributed by atoms with Crippen molar-refractivity contribution in [2.24, 2.45) is 5.41 Å². The molecule has 0 aliphatic heterocycles. The van der Waals surface area contributed by atoms with Crippen molar-refractivity contribution in [1.29, 1.82) is 0 Å². The fourth-order valence-corrected chi connectivity index (χ4v) is 2.33. The van der Waals surface area contributed by atoms with Crippen molar-refractivity contribution in [2.75, 3.05) is 20.3 Å². The molecule has 1 aliphatic rings. The number of aryl methyl sites for hydroxylation is 1. The third-order valence-electron chi connectivity index (χ3n) is 4.00. The van der Waals surface area contributed by atoms with Crippen LogP contribution in [0.2, 0.25) is 0 Å². The molecule has 1 aliphatic carbocycles. The van der Waals surface area contributed by atoms with Crippen LogP contribution in [0.25, 0.3) is 0 Å². The van der Waals surface area contributed by atoms with Gasteiger partial charge in [-0.2, -0.15) is 0 Å². The lowest BCUT2D eigenvalue weighted by Crippen LogP contribution is -2.43. The van der Waals surface area contributed by atoms with Gasteiger partial charge < -0.3 is 15.4 Å². The lowest BCUT2D eigenvalue weighted by Gasteiger charge is -2.15. The molecule has 0 unspecified atom stereocenters. The van der Waals surface area contributed by atoms with Crippen LogP contribution < -0.4 is 10.6 Å². The van der Waals surface area contributed by atoms with Crippen molar-refractivity contribution in [3.05, 3.63) is 35.4 Å². The maximum atomic E-state index is 12.3. The van der Waals surface area contributed by atoms with Gasteiger partial charge in [-0.05, 0) is 31.7 Å². The second-order valence-electron chi connectivity index (χ2n) is 5.85. The monoisotopic (exact) mass is 304 g/mol. The Balaban J connectivity index is 1.80. The van der Waals surface area contributed by atoms with E-state index in [1.807, 2.05) is 31.2 Å². The Hall–Kier alpha value is -1.88. The van der Waals surface area contributed by atoms with E-state index in [0.29, 0.717) is 32.5 Å². The molecule has 0 bridgehead atoms. The van der Waals surface area contributed by atoms with E-state index in [9.17, 15) is 9.59 Å². The predicted molar refractivity (Wildman–Crippen MR) is 84.2 cm³/mol. The molecule has 0 heterocycles. The Labute approximate surface area is 131 Å². The lowest BCUT2D eigenvalue weighted by atomic mass is 10.0. The summed E-state index contributed by atoms with van der Waals surface area (Å²) in [5, 5.41) is 5.71. The molecule has 5 heteroatoms. The van der Waals surface area contributed by atoms with E-state index in [1.165, 1.54) is 5.56 Å². The first kappa shape index (κ1) is 16.5. The highest BCUT2D eigenvalue weighted by atomic mass is 16.5. The van der Waals surface area contributed by atoms with Gasteiger partial charge in [-0.25, -0.2) is 0 Å². The second-order valence-corrected chi connectivity index (χ2v) is 5.85. The van der Waals surface area contributed by atoms with Crippen LogP contribution in [-0.2, 0) is 20.9 Å². The van der Waals surface area contributed by atoms with Crippen LogP contribution in [-0.4, -0.2) is 32.1 Å². The average molecular weight is 304 g/mol. The Morgan fingerprint density at radius 3 is 2.36 bits per heavy atom. The van der Waals surface area contributed by atoms with E-state index < -0.39 is 5.41 Å². The zero-order valence-corrected chi connectivity index (χ0v) is 13.3. The third kappa shape index (κ3) is 4.07. The molecule has 120 valence electrons. The van der Waals surface area contributed by atoms with E-state index >= 15 is 0 Å².